The second-order valence-corrected chi connectivity index (χ2v) is 5.71. The number of aliphatic hydroxyl groups is 1. The molecular weight excluding hydrogens is 311 g/mol. The van der Waals surface area contributed by atoms with Gasteiger partial charge in [-0.05, 0) is 59.7 Å². The average Bonchev–Trinajstić information content (AvgIpc) is 2.91. The van der Waals surface area contributed by atoms with E-state index in [0.29, 0.717) is 5.69 Å². The van der Waals surface area contributed by atoms with Crippen LogP contribution < -0.4 is 5.69 Å². The number of tetrazole rings is 1. The third-order valence-electron chi connectivity index (χ3n) is 3.85. The first-order chi connectivity index (χ1) is 11.5. The minimum absolute atomic E-state index is 0.00960. The second kappa shape index (κ2) is 6.37. The third kappa shape index (κ3) is 3.11. The van der Waals surface area contributed by atoms with Crippen molar-refractivity contribution in [2.24, 2.45) is 0 Å². The summed E-state index contributed by atoms with van der Waals surface area (Å²) in [5, 5.41) is 18.0. The summed E-state index contributed by atoms with van der Waals surface area (Å²) in [5.41, 5.74) is 2.63. The predicted octanol–water partition coefficient (Wildman–Crippen LogP) is 1.92. The summed E-state index contributed by atoms with van der Waals surface area (Å²) in [6, 6.07) is 11.1. The molecule has 0 saturated heterocycles. The Bertz CT molecular complexity index is 915. The van der Waals surface area contributed by atoms with Gasteiger partial charge in [0.05, 0.1) is 18.3 Å². The first kappa shape index (κ1) is 16.1. The second-order valence-electron chi connectivity index (χ2n) is 5.71. The lowest BCUT2D eigenvalue weighted by atomic mass is 10.0. The fourth-order valence-corrected chi connectivity index (χ4v) is 2.51. The van der Waals surface area contributed by atoms with Crippen molar-refractivity contribution in [2.45, 2.75) is 26.5 Å². The zero-order valence-electron chi connectivity index (χ0n) is 13.3. The number of rotatable bonds is 4. The van der Waals surface area contributed by atoms with E-state index in [9.17, 15) is 14.3 Å². The Labute approximate surface area is 137 Å². The molecule has 0 fully saturated rings. The van der Waals surface area contributed by atoms with Crippen molar-refractivity contribution in [2.75, 3.05) is 0 Å². The highest BCUT2D eigenvalue weighted by molar-refractivity contribution is 5.32. The fourth-order valence-electron chi connectivity index (χ4n) is 2.51. The summed E-state index contributed by atoms with van der Waals surface area (Å²) in [7, 11) is 0. The lowest BCUT2D eigenvalue weighted by Gasteiger charge is -2.13. The van der Waals surface area contributed by atoms with Crippen LogP contribution in [0.1, 0.15) is 22.8 Å². The van der Waals surface area contributed by atoms with Crippen molar-refractivity contribution < 1.29 is 9.50 Å². The number of aryl methyl sites for hydroxylation is 2. The molecule has 0 aliphatic rings. The summed E-state index contributed by atoms with van der Waals surface area (Å²) in [4.78, 5) is 12.4. The molecule has 1 aromatic heterocycles. The normalized spacial score (nSPS) is 12.3. The Hall–Kier alpha value is -2.80. The highest BCUT2D eigenvalue weighted by Gasteiger charge is 2.16. The number of halogens is 1. The van der Waals surface area contributed by atoms with Crippen LogP contribution in [0.25, 0.3) is 5.69 Å². The van der Waals surface area contributed by atoms with E-state index >= 15 is 0 Å². The summed E-state index contributed by atoms with van der Waals surface area (Å²) >= 11 is 0. The van der Waals surface area contributed by atoms with E-state index in [4.69, 9.17) is 0 Å². The first-order valence-electron chi connectivity index (χ1n) is 7.49. The van der Waals surface area contributed by atoms with Crippen molar-refractivity contribution in [1.29, 1.82) is 0 Å². The molecule has 6 nitrogen and oxygen atoms in total. The summed E-state index contributed by atoms with van der Waals surface area (Å²) in [5.74, 6) is -0.399. The van der Waals surface area contributed by atoms with Gasteiger partial charge in [-0.25, -0.2) is 9.18 Å². The Morgan fingerprint density at radius 2 is 1.83 bits per heavy atom. The third-order valence-corrected chi connectivity index (χ3v) is 3.85. The van der Waals surface area contributed by atoms with Crippen LogP contribution in [0, 0.1) is 19.7 Å². The maximum atomic E-state index is 13.0. The van der Waals surface area contributed by atoms with Crippen molar-refractivity contribution in [3.8, 4) is 5.69 Å². The number of hydrogen-bond donors (Lipinski definition) is 1. The van der Waals surface area contributed by atoms with Crippen LogP contribution in [0.15, 0.2) is 47.3 Å². The highest BCUT2D eigenvalue weighted by atomic mass is 19.1. The minimum Gasteiger partial charge on any atom is -0.386 e. The van der Waals surface area contributed by atoms with Gasteiger partial charge in [0.1, 0.15) is 5.82 Å². The number of aliphatic hydroxyl groups excluding tert-OH is 1. The van der Waals surface area contributed by atoms with Crippen LogP contribution >= 0.6 is 0 Å². The molecule has 2 aromatic carbocycles. The Morgan fingerprint density at radius 1 is 1.12 bits per heavy atom. The molecule has 3 rings (SSSR count). The van der Waals surface area contributed by atoms with Gasteiger partial charge in [-0.3, -0.25) is 0 Å². The molecule has 0 saturated carbocycles. The Balaban J connectivity index is 1.87. The lowest BCUT2D eigenvalue weighted by Crippen LogP contribution is -2.26. The molecule has 0 amide bonds. The standard InChI is InChI=1S/C17H17FN4O2/c1-11-3-4-12(2)15(9-11)16(23)10-21-17(24)22(20-19-21)14-7-5-13(18)6-8-14/h3-9,16,23H,10H2,1-2H3. The van der Waals surface area contributed by atoms with Gasteiger partial charge in [-0.1, -0.05) is 23.8 Å². The van der Waals surface area contributed by atoms with Gasteiger partial charge in [-0.15, -0.1) is 0 Å². The molecule has 0 bridgehead atoms. The molecule has 124 valence electrons. The van der Waals surface area contributed by atoms with E-state index in [1.54, 1.807) is 0 Å². The van der Waals surface area contributed by atoms with Crippen LogP contribution in [0.4, 0.5) is 4.39 Å². The Kier molecular flexibility index (Phi) is 4.26. The zero-order valence-corrected chi connectivity index (χ0v) is 13.3. The van der Waals surface area contributed by atoms with Gasteiger partial charge in [0, 0.05) is 0 Å². The predicted molar refractivity (Wildman–Crippen MR) is 86.5 cm³/mol. The summed E-state index contributed by atoms with van der Waals surface area (Å²) in [6.45, 7) is 3.83. The molecule has 7 heteroatoms. The van der Waals surface area contributed by atoms with Gasteiger partial charge in [0.2, 0.25) is 0 Å². The zero-order chi connectivity index (χ0) is 17.3. The summed E-state index contributed by atoms with van der Waals surface area (Å²) in [6.07, 6.45) is -0.874. The molecule has 1 atom stereocenters. The van der Waals surface area contributed by atoms with E-state index in [1.165, 1.54) is 24.3 Å². The molecule has 0 radical (unpaired) electrons. The average molecular weight is 328 g/mol. The van der Waals surface area contributed by atoms with Crippen LogP contribution in [0.5, 0.6) is 0 Å². The maximum absolute atomic E-state index is 13.0. The van der Waals surface area contributed by atoms with E-state index in [2.05, 4.69) is 10.4 Å². The first-order valence-corrected chi connectivity index (χ1v) is 7.49. The van der Waals surface area contributed by atoms with Gasteiger partial charge in [-0.2, -0.15) is 9.36 Å². The number of nitrogens with zero attached hydrogens (tertiary/aromatic N) is 4. The minimum atomic E-state index is -0.874. The molecule has 0 aliphatic carbocycles. The van der Waals surface area contributed by atoms with Gasteiger partial charge in [0.15, 0.2) is 0 Å². The van der Waals surface area contributed by atoms with E-state index in [0.717, 1.165) is 26.1 Å². The summed E-state index contributed by atoms with van der Waals surface area (Å²) < 4.78 is 15.1. The van der Waals surface area contributed by atoms with E-state index < -0.39 is 17.6 Å². The highest BCUT2D eigenvalue weighted by Crippen LogP contribution is 2.20. The molecule has 1 unspecified atom stereocenters. The quantitative estimate of drug-likeness (QED) is 0.794. The van der Waals surface area contributed by atoms with Crippen molar-refractivity contribution >= 4 is 0 Å². The number of hydrogen-bond acceptors (Lipinski definition) is 4. The Morgan fingerprint density at radius 3 is 2.54 bits per heavy atom. The van der Waals surface area contributed by atoms with Crippen LogP contribution in [0.2, 0.25) is 0 Å². The smallest absolute Gasteiger partial charge is 0.368 e. The lowest BCUT2D eigenvalue weighted by molar-refractivity contribution is 0.148. The maximum Gasteiger partial charge on any atom is 0.368 e. The molecule has 1 heterocycles. The van der Waals surface area contributed by atoms with Crippen LogP contribution in [-0.2, 0) is 6.54 Å². The van der Waals surface area contributed by atoms with Crippen molar-refractivity contribution in [3.63, 3.8) is 0 Å². The van der Waals surface area contributed by atoms with Crippen LogP contribution in [0.3, 0.4) is 0 Å². The van der Waals surface area contributed by atoms with E-state index in [-0.39, 0.29) is 6.54 Å². The van der Waals surface area contributed by atoms with Gasteiger partial charge < -0.3 is 5.11 Å². The topological polar surface area (TPSA) is 72.9 Å². The SMILES string of the molecule is Cc1ccc(C)c(C(O)Cn2nnn(-c3ccc(F)cc3)c2=O)c1. The largest absolute Gasteiger partial charge is 0.386 e. The number of benzene rings is 2. The molecule has 0 aliphatic heterocycles. The monoisotopic (exact) mass is 328 g/mol. The molecule has 1 N–H and O–H groups in total. The molecule has 0 spiro atoms. The van der Waals surface area contributed by atoms with Crippen molar-refractivity contribution in [3.05, 3.63) is 75.5 Å². The van der Waals surface area contributed by atoms with Crippen molar-refractivity contribution in [1.82, 2.24) is 19.8 Å². The molecule has 24 heavy (non-hydrogen) atoms. The van der Waals surface area contributed by atoms with Gasteiger partial charge >= 0.3 is 5.69 Å². The molecule has 3 aromatic rings. The number of aromatic nitrogens is 4. The van der Waals surface area contributed by atoms with Gasteiger partial charge in [0.25, 0.3) is 0 Å². The van der Waals surface area contributed by atoms with Crippen LogP contribution in [-0.4, -0.2) is 24.9 Å². The van der Waals surface area contributed by atoms with E-state index in [1.807, 2.05) is 32.0 Å². The molecular formula is C17H17FN4O2. The fraction of sp³-hybridized carbons (Fsp3) is 0.235.